The van der Waals surface area contributed by atoms with Gasteiger partial charge in [-0.1, -0.05) is 43.7 Å². The number of allylic oxidation sites excluding steroid dienone is 2. The van der Waals surface area contributed by atoms with Gasteiger partial charge in [0.2, 0.25) is 0 Å². The lowest BCUT2D eigenvalue weighted by Gasteiger charge is -2.07. The Morgan fingerprint density at radius 3 is 2.82 bits per heavy atom. The first-order valence-corrected chi connectivity index (χ1v) is 6.24. The van der Waals surface area contributed by atoms with Crippen molar-refractivity contribution in [2.75, 3.05) is 0 Å². The molecule has 1 aliphatic carbocycles. The molecule has 90 valence electrons. The molecule has 0 heterocycles. The van der Waals surface area contributed by atoms with E-state index in [9.17, 15) is 4.79 Å². The molecule has 0 saturated heterocycles. The first-order chi connectivity index (χ1) is 8.22. The van der Waals surface area contributed by atoms with Gasteiger partial charge in [-0.3, -0.25) is 4.79 Å². The molecule has 17 heavy (non-hydrogen) atoms. The highest BCUT2D eigenvalue weighted by atomic mass is 16.4. The van der Waals surface area contributed by atoms with Crippen LogP contribution in [-0.2, 0) is 4.79 Å². The van der Waals surface area contributed by atoms with Gasteiger partial charge in [-0.25, -0.2) is 0 Å². The molecule has 0 radical (unpaired) electrons. The molecule has 0 bridgehead atoms. The molecule has 2 heteroatoms. The average molecular weight is 230 g/mol. The smallest absolute Gasteiger partial charge is 0.304 e. The highest BCUT2D eigenvalue weighted by Gasteiger charge is 2.24. The van der Waals surface area contributed by atoms with E-state index in [2.05, 4.69) is 25.1 Å². The van der Waals surface area contributed by atoms with Gasteiger partial charge in [-0.2, -0.15) is 0 Å². The number of carboxylic acid groups (broad SMARTS) is 1. The lowest BCUT2D eigenvalue weighted by Crippen LogP contribution is -2.02. The molecule has 1 aromatic carbocycles. The third kappa shape index (κ3) is 2.57. The maximum absolute atomic E-state index is 10.9. The van der Waals surface area contributed by atoms with Crippen molar-refractivity contribution in [3.63, 3.8) is 0 Å². The number of hydrogen-bond acceptors (Lipinski definition) is 1. The van der Waals surface area contributed by atoms with Gasteiger partial charge in [-0.15, -0.1) is 0 Å². The third-order valence-corrected chi connectivity index (χ3v) is 3.30. The van der Waals surface area contributed by atoms with Crippen LogP contribution >= 0.6 is 0 Å². The van der Waals surface area contributed by atoms with E-state index < -0.39 is 5.97 Å². The molecular weight excluding hydrogens is 212 g/mol. The Kier molecular flexibility index (Phi) is 3.62. The second kappa shape index (κ2) is 5.17. The van der Waals surface area contributed by atoms with Gasteiger partial charge in [0.05, 0.1) is 6.42 Å². The number of aliphatic carboxylic acids is 1. The van der Waals surface area contributed by atoms with E-state index in [0.29, 0.717) is 0 Å². The summed E-state index contributed by atoms with van der Waals surface area (Å²) in [5, 5.41) is 8.93. The predicted molar refractivity (Wildman–Crippen MR) is 68.9 cm³/mol. The number of fused-ring (bicyclic) bond motifs is 1. The van der Waals surface area contributed by atoms with E-state index in [-0.39, 0.29) is 12.3 Å². The number of benzene rings is 1. The number of carboxylic acids is 1. The lowest BCUT2D eigenvalue weighted by molar-refractivity contribution is -0.137. The summed E-state index contributed by atoms with van der Waals surface area (Å²) >= 11 is 0. The summed E-state index contributed by atoms with van der Waals surface area (Å²) in [5.41, 5.74) is 3.77. The second-order valence-electron chi connectivity index (χ2n) is 4.59. The minimum absolute atomic E-state index is 0.0653. The summed E-state index contributed by atoms with van der Waals surface area (Å²) in [6, 6.07) is 8.18. The first kappa shape index (κ1) is 11.9. The minimum Gasteiger partial charge on any atom is -0.481 e. The molecule has 0 aromatic heterocycles. The minimum atomic E-state index is -0.724. The summed E-state index contributed by atoms with van der Waals surface area (Å²) in [6.07, 6.45) is 5.74. The summed E-state index contributed by atoms with van der Waals surface area (Å²) in [6.45, 7) is 2.18. The van der Waals surface area contributed by atoms with Gasteiger partial charge in [0.1, 0.15) is 0 Å². The third-order valence-electron chi connectivity index (χ3n) is 3.30. The zero-order valence-corrected chi connectivity index (χ0v) is 10.1. The van der Waals surface area contributed by atoms with Crippen molar-refractivity contribution in [2.45, 2.75) is 38.5 Å². The van der Waals surface area contributed by atoms with Gasteiger partial charge < -0.3 is 5.11 Å². The number of unbranched alkanes of at least 4 members (excludes halogenated alkanes) is 1. The molecule has 0 aliphatic heterocycles. The average Bonchev–Trinajstić information content (AvgIpc) is 2.65. The van der Waals surface area contributed by atoms with Crippen molar-refractivity contribution in [1.82, 2.24) is 0 Å². The van der Waals surface area contributed by atoms with Crippen LogP contribution in [0, 0.1) is 0 Å². The van der Waals surface area contributed by atoms with E-state index in [0.717, 1.165) is 6.42 Å². The SMILES string of the molecule is CCCCC1=CC(CC(=O)O)c2ccccc21. The second-order valence-corrected chi connectivity index (χ2v) is 4.59. The summed E-state index contributed by atoms with van der Waals surface area (Å²) < 4.78 is 0. The highest BCUT2D eigenvalue weighted by Crippen LogP contribution is 2.39. The van der Waals surface area contributed by atoms with Crippen LogP contribution in [0.5, 0.6) is 0 Å². The Bertz CT molecular complexity index is 446. The van der Waals surface area contributed by atoms with Crippen molar-refractivity contribution in [2.24, 2.45) is 0 Å². The van der Waals surface area contributed by atoms with Gasteiger partial charge in [0, 0.05) is 5.92 Å². The molecule has 0 fully saturated rings. The van der Waals surface area contributed by atoms with E-state index >= 15 is 0 Å². The van der Waals surface area contributed by atoms with Crippen molar-refractivity contribution < 1.29 is 9.90 Å². The van der Waals surface area contributed by atoms with Crippen LogP contribution in [0.15, 0.2) is 30.3 Å². The quantitative estimate of drug-likeness (QED) is 0.834. The first-order valence-electron chi connectivity index (χ1n) is 6.24. The van der Waals surface area contributed by atoms with Crippen LogP contribution in [0.25, 0.3) is 5.57 Å². The van der Waals surface area contributed by atoms with E-state index in [1.807, 2.05) is 12.1 Å². The van der Waals surface area contributed by atoms with Crippen molar-refractivity contribution in [1.29, 1.82) is 0 Å². The fourth-order valence-electron chi connectivity index (χ4n) is 2.48. The molecule has 0 amide bonds. The standard InChI is InChI=1S/C15H18O2/c1-2-3-6-11-9-12(10-15(16)17)14-8-5-4-7-13(11)14/h4-5,7-9,12H,2-3,6,10H2,1H3,(H,16,17). The predicted octanol–water partition coefficient (Wildman–Crippen LogP) is 3.83. The summed E-state index contributed by atoms with van der Waals surface area (Å²) in [5.74, 6) is -0.659. The molecular formula is C15H18O2. The van der Waals surface area contributed by atoms with Crippen LogP contribution in [0.1, 0.15) is 49.7 Å². The molecule has 0 saturated carbocycles. The molecule has 2 nitrogen and oxygen atoms in total. The topological polar surface area (TPSA) is 37.3 Å². The molecule has 1 aliphatic rings. The normalized spacial score (nSPS) is 17.7. The summed E-state index contributed by atoms with van der Waals surface area (Å²) in [4.78, 5) is 10.9. The Balaban J connectivity index is 2.25. The van der Waals surface area contributed by atoms with Gasteiger partial charge in [-0.05, 0) is 29.5 Å². The largest absolute Gasteiger partial charge is 0.481 e. The molecule has 1 unspecified atom stereocenters. The van der Waals surface area contributed by atoms with Crippen LogP contribution in [0.3, 0.4) is 0 Å². The zero-order chi connectivity index (χ0) is 12.3. The Morgan fingerprint density at radius 2 is 2.12 bits per heavy atom. The maximum atomic E-state index is 10.9. The Morgan fingerprint density at radius 1 is 1.35 bits per heavy atom. The fourth-order valence-corrected chi connectivity index (χ4v) is 2.48. The lowest BCUT2D eigenvalue weighted by atomic mass is 9.97. The fraction of sp³-hybridized carbons (Fsp3) is 0.400. The van der Waals surface area contributed by atoms with E-state index in [1.165, 1.54) is 29.5 Å². The van der Waals surface area contributed by atoms with E-state index in [1.54, 1.807) is 0 Å². The van der Waals surface area contributed by atoms with Gasteiger partial charge in [0.25, 0.3) is 0 Å². The highest BCUT2D eigenvalue weighted by molar-refractivity contribution is 5.78. The van der Waals surface area contributed by atoms with Crippen LogP contribution in [0.2, 0.25) is 0 Å². The molecule has 1 N–H and O–H groups in total. The van der Waals surface area contributed by atoms with Crippen LogP contribution in [0.4, 0.5) is 0 Å². The van der Waals surface area contributed by atoms with Gasteiger partial charge in [0.15, 0.2) is 0 Å². The van der Waals surface area contributed by atoms with E-state index in [4.69, 9.17) is 5.11 Å². The number of rotatable bonds is 5. The Labute approximate surface area is 102 Å². The maximum Gasteiger partial charge on any atom is 0.304 e. The van der Waals surface area contributed by atoms with Crippen LogP contribution in [-0.4, -0.2) is 11.1 Å². The van der Waals surface area contributed by atoms with Crippen molar-refractivity contribution in [3.05, 3.63) is 41.5 Å². The number of hydrogen-bond donors (Lipinski definition) is 1. The zero-order valence-electron chi connectivity index (χ0n) is 10.1. The summed E-state index contributed by atoms with van der Waals surface area (Å²) in [7, 11) is 0. The monoisotopic (exact) mass is 230 g/mol. The van der Waals surface area contributed by atoms with Gasteiger partial charge >= 0.3 is 5.97 Å². The molecule has 2 rings (SSSR count). The molecule has 0 spiro atoms. The molecule has 1 atom stereocenters. The molecule has 1 aromatic rings. The van der Waals surface area contributed by atoms with Crippen molar-refractivity contribution in [3.8, 4) is 0 Å². The Hall–Kier alpha value is -1.57. The van der Waals surface area contributed by atoms with Crippen molar-refractivity contribution >= 4 is 11.5 Å². The number of carbonyl (C=O) groups is 1. The van der Waals surface area contributed by atoms with Crippen LogP contribution < -0.4 is 0 Å².